The molecule has 186 valence electrons. The monoisotopic (exact) mass is 478 g/mol. The minimum atomic E-state index is -0.930. The molecule has 2 aliphatic carbocycles. The molecule has 7 nitrogen and oxygen atoms in total. The first kappa shape index (κ1) is 24.8. The van der Waals surface area contributed by atoms with Gasteiger partial charge in [-0.1, -0.05) is 74.7 Å². The Morgan fingerprint density at radius 3 is 2.26 bits per heavy atom. The topological polar surface area (TPSA) is 105 Å². The van der Waals surface area contributed by atoms with Gasteiger partial charge in [0.15, 0.2) is 0 Å². The van der Waals surface area contributed by atoms with Crippen molar-refractivity contribution >= 4 is 18.0 Å². The number of hydrogen-bond donors (Lipinski definition) is 3. The number of alkyl carbamates (subject to hydrolysis) is 1. The van der Waals surface area contributed by atoms with Gasteiger partial charge in [-0.05, 0) is 41.5 Å². The van der Waals surface area contributed by atoms with E-state index in [9.17, 15) is 14.4 Å². The molecule has 4 rings (SSSR count). The minimum absolute atomic E-state index is 0.0237. The number of carboxylic acids is 1. The van der Waals surface area contributed by atoms with Gasteiger partial charge >= 0.3 is 12.1 Å². The first-order valence-corrected chi connectivity index (χ1v) is 12.6. The average Bonchev–Trinajstić information content (AvgIpc) is 3.16. The lowest BCUT2D eigenvalue weighted by Gasteiger charge is -2.32. The lowest BCUT2D eigenvalue weighted by atomic mass is 9.83. The first-order valence-electron chi connectivity index (χ1n) is 12.6. The standard InChI is InChI=1S/C28H34N2O5/c1-2-9-18(16-26(31)32)29-27(33)23-14-7-8-15-25(23)30-28(34)35-17-24-21-12-5-3-10-19(21)20-11-4-6-13-22(20)24/h3-6,10-13,18,23-25H,2,7-9,14-17H2,1H3,(H,29,33)(H,30,34)(H,31,32)/t18?,23-,25+/m0/s1. The summed E-state index contributed by atoms with van der Waals surface area (Å²) in [7, 11) is 0. The summed E-state index contributed by atoms with van der Waals surface area (Å²) in [4.78, 5) is 37.0. The molecule has 0 saturated heterocycles. The van der Waals surface area contributed by atoms with Gasteiger partial charge in [0, 0.05) is 18.0 Å². The number of carboxylic acid groups (broad SMARTS) is 1. The van der Waals surface area contributed by atoms with Gasteiger partial charge in [-0.15, -0.1) is 0 Å². The number of carbonyl (C=O) groups excluding carboxylic acids is 2. The molecule has 2 amide bonds. The second-order valence-corrected chi connectivity index (χ2v) is 9.56. The second-order valence-electron chi connectivity index (χ2n) is 9.56. The fourth-order valence-electron chi connectivity index (χ4n) is 5.50. The van der Waals surface area contributed by atoms with E-state index in [-0.39, 0.29) is 30.9 Å². The zero-order valence-electron chi connectivity index (χ0n) is 20.2. The number of rotatable bonds is 9. The molecule has 35 heavy (non-hydrogen) atoms. The summed E-state index contributed by atoms with van der Waals surface area (Å²) in [6.45, 7) is 2.18. The van der Waals surface area contributed by atoms with E-state index in [2.05, 4.69) is 34.9 Å². The van der Waals surface area contributed by atoms with Crippen molar-refractivity contribution in [3.63, 3.8) is 0 Å². The third-order valence-corrected chi connectivity index (χ3v) is 7.15. The molecule has 1 saturated carbocycles. The lowest BCUT2D eigenvalue weighted by Crippen LogP contribution is -2.50. The van der Waals surface area contributed by atoms with Crippen LogP contribution in [0.4, 0.5) is 4.79 Å². The van der Waals surface area contributed by atoms with Crippen molar-refractivity contribution < 1.29 is 24.2 Å². The molecular weight excluding hydrogens is 444 g/mol. The van der Waals surface area contributed by atoms with Gasteiger partial charge in [-0.2, -0.15) is 0 Å². The summed E-state index contributed by atoms with van der Waals surface area (Å²) in [6.07, 6.45) is 3.94. The molecule has 3 atom stereocenters. The zero-order valence-corrected chi connectivity index (χ0v) is 20.2. The second kappa shape index (κ2) is 11.4. The van der Waals surface area contributed by atoms with E-state index in [1.165, 1.54) is 11.1 Å². The van der Waals surface area contributed by atoms with Crippen LogP contribution in [0.1, 0.15) is 68.9 Å². The summed E-state index contributed by atoms with van der Waals surface area (Å²) in [5.74, 6) is -1.53. The largest absolute Gasteiger partial charge is 0.481 e. The van der Waals surface area contributed by atoms with Crippen molar-refractivity contribution in [2.24, 2.45) is 5.92 Å². The van der Waals surface area contributed by atoms with Crippen LogP contribution in [-0.4, -0.2) is 41.8 Å². The Bertz CT molecular complexity index is 1020. The Morgan fingerprint density at radius 2 is 1.63 bits per heavy atom. The smallest absolute Gasteiger partial charge is 0.407 e. The number of carbonyl (C=O) groups is 3. The van der Waals surface area contributed by atoms with Gasteiger partial charge < -0.3 is 20.5 Å². The normalized spacial score (nSPS) is 19.8. The number of hydrogen-bond acceptors (Lipinski definition) is 4. The first-order chi connectivity index (χ1) is 17.0. The maximum Gasteiger partial charge on any atom is 0.407 e. The van der Waals surface area contributed by atoms with Crippen LogP contribution >= 0.6 is 0 Å². The fourth-order valence-corrected chi connectivity index (χ4v) is 5.50. The summed E-state index contributed by atoms with van der Waals surface area (Å²) >= 11 is 0. The molecule has 7 heteroatoms. The third-order valence-electron chi connectivity index (χ3n) is 7.15. The van der Waals surface area contributed by atoms with Crippen LogP contribution in [0.3, 0.4) is 0 Å². The number of benzene rings is 2. The van der Waals surface area contributed by atoms with E-state index in [0.29, 0.717) is 19.3 Å². The quantitative estimate of drug-likeness (QED) is 0.478. The maximum absolute atomic E-state index is 13.0. The van der Waals surface area contributed by atoms with Crippen LogP contribution in [0.15, 0.2) is 48.5 Å². The summed E-state index contributed by atoms with van der Waals surface area (Å²) in [6, 6.07) is 15.6. The molecule has 2 aliphatic rings. The summed E-state index contributed by atoms with van der Waals surface area (Å²) in [5, 5.41) is 15.0. The van der Waals surface area contributed by atoms with Crippen molar-refractivity contribution in [2.75, 3.05) is 6.61 Å². The van der Waals surface area contributed by atoms with Crippen molar-refractivity contribution in [1.29, 1.82) is 0 Å². The SMILES string of the molecule is CCCC(CC(=O)O)NC(=O)[C@H]1CCCC[C@H]1NC(=O)OCC1c2ccccc2-c2ccccc21. The van der Waals surface area contributed by atoms with Crippen molar-refractivity contribution in [3.8, 4) is 11.1 Å². The molecule has 3 N–H and O–H groups in total. The molecule has 0 spiro atoms. The van der Waals surface area contributed by atoms with Crippen LogP contribution in [0.5, 0.6) is 0 Å². The highest BCUT2D eigenvalue weighted by molar-refractivity contribution is 5.82. The molecule has 1 unspecified atom stereocenters. The molecule has 0 aromatic heterocycles. The van der Waals surface area contributed by atoms with Gasteiger partial charge in [0.25, 0.3) is 0 Å². The Hall–Kier alpha value is -3.35. The van der Waals surface area contributed by atoms with Crippen LogP contribution < -0.4 is 10.6 Å². The van der Waals surface area contributed by atoms with Gasteiger partial charge in [-0.25, -0.2) is 4.79 Å². The average molecular weight is 479 g/mol. The van der Waals surface area contributed by atoms with Crippen molar-refractivity contribution in [1.82, 2.24) is 10.6 Å². The van der Waals surface area contributed by atoms with Crippen LogP contribution in [0.2, 0.25) is 0 Å². The van der Waals surface area contributed by atoms with E-state index >= 15 is 0 Å². The molecule has 2 aromatic rings. The highest BCUT2D eigenvalue weighted by Gasteiger charge is 2.34. The molecule has 0 bridgehead atoms. The van der Waals surface area contributed by atoms with E-state index in [4.69, 9.17) is 9.84 Å². The van der Waals surface area contributed by atoms with Gasteiger partial charge in [0.2, 0.25) is 5.91 Å². The zero-order chi connectivity index (χ0) is 24.8. The summed E-state index contributed by atoms with van der Waals surface area (Å²) < 4.78 is 5.68. The number of amides is 2. The van der Waals surface area contributed by atoms with E-state index < -0.39 is 24.0 Å². The minimum Gasteiger partial charge on any atom is -0.481 e. The van der Waals surface area contributed by atoms with Crippen LogP contribution in [0.25, 0.3) is 11.1 Å². The Kier molecular flexibility index (Phi) is 8.06. The highest BCUT2D eigenvalue weighted by Crippen LogP contribution is 2.44. The number of aliphatic carboxylic acids is 1. The third kappa shape index (κ3) is 5.84. The van der Waals surface area contributed by atoms with Crippen molar-refractivity contribution in [2.45, 2.75) is 69.9 Å². The van der Waals surface area contributed by atoms with E-state index in [1.54, 1.807) is 0 Å². The lowest BCUT2D eigenvalue weighted by molar-refractivity contribution is -0.138. The molecule has 2 aromatic carbocycles. The van der Waals surface area contributed by atoms with Gasteiger partial charge in [0.1, 0.15) is 6.61 Å². The molecule has 0 aliphatic heterocycles. The fraction of sp³-hybridized carbons (Fsp3) is 0.464. The Morgan fingerprint density at radius 1 is 1.00 bits per heavy atom. The Balaban J connectivity index is 1.37. The predicted octanol–water partition coefficient (Wildman–Crippen LogP) is 4.84. The van der Waals surface area contributed by atoms with Gasteiger partial charge in [-0.3, -0.25) is 9.59 Å². The maximum atomic E-state index is 13.0. The number of fused-ring (bicyclic) bond motifs is 3. The highest BCUT2D eigenvalue weighted by atomic mass is 16.5. The van der Waals surface area contributed by atoms with Gasteiger partial charge in [0.05, 0.1) is 12.3 Å². The number of ether oxygens (including phenoxy) is 1. The Labute approximate surface area is 206 Å². The van der Waals surface area contributed by atoms with Crippen LogP contribution in [0, 0.1) is 5.92 Å². The van der Waals surface area contributed by atoms with E-state index in [1.807, 2.05) is 31.2 Å². The van der Waals surface area contributed by atoms with Crippen LogP contribution in [-0.2, 0) is 14.3 Å². The molecule has 0 heterocycles. The van der Waals surface area contributed by atoms with Crippen molar-refractivity contribution in [3.05, 3.63) is 59.7 Å². The molecular formula is C28H34N2O5. The molecule has 1 fully saturated rings. The number of nitrogens with one attached hydrogen (secondary N) is 2. The predicted molar refractivity (Wildman–Crippen MR) is 133 cm³/mol. The van der Waals surface area contributed by atoms with E-state index in [0.717, 1.165) is 30.4 Å². The summed E-state index contributed by atoms with van der Waals surface area (Å²) in [5.41, 5.74) is 4.64. The molecule has 0 radical (unpaired) electrons.